The smallest absolute Gasteiger partial charge is 0.322 e. The molecule has 2 heterocycles. The molecular weight excluding hydrogens is 296 g/mol. The molecule has 0 saturated carbocycles. The highest BCUT2D eigenvalue weighted by molar-refractivity contribution is 7.98. The first kappa shape index (κ1) is 15.7. The minimum Gasteiger partial charge on any atom is -0.376 e. The number of amides is 2. The quantitative estimate of drug-likeness (QED) is 0.859. The predicted molar refractivity (Wildman–Crippen MR) is 90.7 cm³/mol. The third kappa shape index (κ3) is 3.10. The minimum absolute atomic E-state index is 0.0163. The van der Waals surface area contributed by atoms with Crippen LogP contribution in [0.2, 0.25) is 0 Å². The first-order valence-corrected chi connectivity index (χ1v) is 9.26. The van der Waals surface area contributed by atoms with Crippen LogP contribution in [0.25, 0.3) is 0 Å². The van der Waals surface area contributed by atoms with Crippen LogP contribution < -0.4 is 5.32 Å². The molecule has 1 aromatic rings. The Labute approximate surface area is 136 Å². The summed E-state index contributed by atoms with van der Waals surface area (Å²) in [5.74, 6) is 0. The van der Waals surface area contributed by atoms with Crippen LogP contribution >= 0.6 is 11.8 Å². The molecule has 0 aliphatic carbocycles. The lowest BCUT2D eigenvalue weighted by Crippen LogP contribution is -2.44. The summed E-state index contributed by atoms with van der Waals surface area (Å²) < 4.78 is 5.81. The van der Waals surface area contributed by atoms with Crippen molar-refractivity contribution < 1.29 is 9.53 Å². The van der Waals surface area contributed by atoms with Gasteiger partial charge < -0.3 is 15.0 Å². The molecule has 4 nitrogen and oxygen atoms in total. The van der Waals surface area contributed by atoms with Crippen molar-refractivity contribution in [2.24, 2.45) is 0 Å². The normalized spacial score (nSPS) is 24.7. The number of anilines is 1. The summed E-state index contributed by atoms with van der Waals surface area (Å²) in [5.41, 5.74) is 2.05. The first-order valence-electron chi connectivity index (χ1n) is 8.03. The SMILES string of the molecule is CSc1cccc(C)c1NC(=O)N1CCCC1C1CCCO1. The first-order chi connectivity index (χ1) is 10.7. The van der Waals surface area contributed by atoms with Crippen molar-refractivity contribution in [1.82, 2.24) is 4.90 Å². The minimum atomic E-state index is 0.0163. The van der Waals surface area contributed by atoms with Crippen LogP contribution in [0.3, 0.4) is 0 Å². The van der Waals surface area contributed by atoms with E-state index in [2.05, 4.69) is 11.4 Å². The average Bonchev–Trinajstić information content (AvgIpc) is 3.19. The van der Waals surface area contributed by atoms with Crippen molar-refractivity contribution in [3.63, 3.8) is 0 Å². The number of rotatable bonds is 3. The number of likely N-dealkylation sites (tertiary alicyclic amines) is 1. The molecule has 3 rings (SSSR count). The van der Waals surface area contributed by atoms with E-state index in [1.165, 1.54) is 0 Å². The Hall–Kier alpha value is -1.20. The maximum atomic E-state index is 12.8. The number of carbonyl (C=O) groups excluding carboxylic acids is 1. The Kier molecular flexibility index (Phi) is 4.93. The molecule has 2 amide bonds. The fourth-order valence-corrected chi connectivity index (χ4v) is 4.12. The van der Waals surface area contributed by atoms with Crippen LogP contribution in [0.15, 0.2) is 23.1 Å². The fourth-order valence-electron chi connectivity index (χ4n) is 3.49. The highest BCUT2D eigenvalue weighted by Gasteiger charge is 2.37. The topological polar surface area (TPSA) is 41.6 Å². The number of urea groups is 1. The van der Waals surface area contributed by atoms with E-state index in [9.17, 15) is 4.79 Å². The van der Waals surface area contributed by atoms with E-state index in [4.69, 9.17) is 4.74 Å². The summed E-state index contributed by atoms with van der Waals surface area (Å²) in [6, 6.07) is 6.37. The van der Waals surface area contributed by atoms with Crippen molar-refractivity contribution in [1.29, 1.82) is 0 Å². The van der Waals surface area contributed by atoms with Gasteiger partial charge in [-0.15, -0.1) is 11.8 Å². The van der Waals surface area contributed by atoms with Gasteiger partial charge in [-0.3, -0.25) is 0 Å². The second-order valence-corrected chi connectivity index (χ2v) is 6.88. The number of aryl methyl sites for hydroxylation is 1. The summed E-state index contributed by atoms with van der Waals surface area (Å²) in [5, 5.41) is 3.14. The number of benzene rings is 1. The maximum Gasteiger partial charge on any atom is 0.322 e. The number of ether oxygens (including phenoxy) is 1. The van der Waals surface area contributed by atoms with Gasteiger partial charge in [0.15, 0.2) is 0 Å². The van der Waals surface area contributed by atoms with E-state index in [1.807, 2.05) is 30.2 Å². The Balaban J connectivity index is 1.74. The Morgan fingerprint density at radius 2 is 2.23 bits per heavy atom. The van der Waals surface area contributed by atoms with Crippen molar-refractivity contribution in [2.75, 3.05) is 24.7 Å². The highest BCUT2D eigenvalue weighted by atomic mass is 32.2. The van der Waals surface area contributed by atoms with Crippen LogP contribution in [-0.4, -0.2) is 42.5 Å². The molecule has 1 N–H and O–H groups in total. The standard InChI is InChI=1S/C17H24N2O2S/c1-12-6-3-9-15(22-2)16(12)18-17(20)19-10-4-7-13(19)14-8-5-11-21-14/h3,6,9,13-14H,4-5,7-8,10-11H2,1-2H3,(H,18,20). The van der Waals surface area contributed by atoms with Crippen molar-refractivity contribution in [2.45, 2.75) is 49.6 Å². The van der Waals surface area contributed by atoms with Crippen LogP contribution in [-0.2, 0) is 4.74 Å². The van der Waals surface area contributed by atoms with Crippen LogP contribution in [0.4, 0.5) is 10.5 Å². The average molecular weight is 320 g/mol. The number of carbonyl (C=O) groups is 1. The van der Waals surface area contributed by atoms with Gasteiger partial charge in [0.05, 0.1) is 17.8 Å². The zero-order valence-corrected chi connectivity index (χ0v) is 14.1. The van der Waals surface area contributed by atoms with E-state index in [0.29, 0.717) is 0 Å². The van der Waals surface area contributed by atoms with Crippen molar-refractivity contribution >= 4 is 23.5 Å². The van der Waals surface area contributed by atoms with Gasteiger partial charge in [0.2, 0.25) is 0 Å². The predicted octanol–water partition coefficient (Wildman–Crippen LogP) is 3.89. The molecular formula is C17H24N2O2S. The van der Waals surface area contributed by atoms with Crippen LogP contribution in [0.5, 0.6) is 0 Å². The van der Waals surface area contributed by atoms with Gasteiger partial charge in [0.1, 0.15) is 0 Å². The highest BCUT2D eigenvalue weighted by Crippen LogP contribution is 2.31. The van der Waals surface area contributed by atoms with Crippen molar-refractivity contribution in [3.8, 4) is 0 Å². The Morgan fingerprint density at radius 1 is 1.36 bits per heavy atom. The van der Waals surface area contributed by atoms with Gasteiger partial charge in [0, 0.05) is 18.0 Å². The van der Waals surface area contributed by atoms with E-state index in [1.54, 1.807) is 11.8 Å². The van der Waals surface area contributed by atoms with Gasteiger partial charge >= 0.3 is 6.03 Å². The summed E-state index contributed by atoms with van der Waals surface area (Å²) in [6.07, 6.45) is 6.59. The molecule has 5 heteroatoms. The Morgan fingerprint density at radius 3 is 2.95 bits per heavy atom. The molecule has 2 fully saturated rings. The van der Waals surface area contributed by atoms with Gasteiger partial charge in [-0.1, -0.05) is 12.1 Å². The second-order valence-electron chi connectivity index (χ2n) is 6.04. The monoisotopic (exact) mass is 320 g/mol. The fraction of sp³-hybridized carbons (Fsp3) is 0.588. The van der Waals surface area contributed by atoms with Crippen LogP contribution in [0, 0.1) is 6.92 Å². The number of hydrogen-bond acceptors (Lipinski definition) is 3. The van der Waals surface area contributed by atoms with E-state index >= 15 is 0 Å². The third-order valence-electron chi connectivity index (χ3n) is 4.64. The van der Waals surface area contributed by atoms with E-state index in [-0.39, 0.29) is 18.2 Å². The number of hydrogen-bond donors (Lipinski definition) is 1. The molecule has 2 unspecified atom stereocenters. The summed E-state index contributed by atoms with van der Waals surface area (Å²) in [4.78, 5) is 15.8. The van der Waals surface area contributed by atoms with Crippen LogP contribution in [0.1, 0.15) is 31.2 Å². The van der Waals surface area contributed by atoms with Gasteiger partial charge in [-0.2, -0.15) is 0 Å². The zero-order valence-electron chi connectivity index (χ0n) is 13.3. The molecule has 2 aliphatic heterocycles. The second kappa shape index (κ2) is 6.92. The number of para-hydroxylation sites is 1. The molecule has 0 radical (unpaired) electrons. The Bertz CT molecular complexity index is 543. The molecule has 22 heavy (non-hydrogen) atoms. The van der Waals surface area contributed by atoms with Gasteiger partial charge in [0.25, 0.3) is 0 Å². The van der Waals surface area contributed by atoms with E-state index < -0.39 is 0 Å². The molecule has 1 aromatic carbocycles. The number of nitrogens with one attached hydrogen (secondary N) is 1. The molecule has 0 spiro atoms. The molecule has 0 aromatic heterocycles. The molecule has 2 saturated heterocycles. The summed E-state index contributed by atoms with van der Waals surface area (Å²) in [7, 11) is 0. The molecule has 0 bridgehead atoms. The van der Waals surface area contributed by atoms with Gasteiger partial charge in [-0.25, -0.2) is 4.79 Å². The lowest BCUT2D eigenvalue weighted by molar-refractivity contribution is 0.0543. The van der Waals surface area contributed by atoms with Gasteiger partial charge in [-0.05, 0) is 50.5 Å². The number of thioether (sulfide) groups is 1. The summed E-state index contributed by atoms with van der Waals surface area (Å²) >= 11 is 1.66. The lowest BCUT2D eigenvalue weighted by Gasteiger charge is -2.29. The molecule has 120 valence electrons. The molecule has 2 aliphatic rings. The summed E-state index contributed by atoms with van der Waals surface area (Å²) in [6.45, 7) is 3.71. The third-order valence-corrected chi connectivity index (χ3v) is 5.42. The maximum absolute atomic E-state index is 12.8. The largest absolute Gasteiger partial charge is 0.376 e. The van der Waals surface area contributed by atoms with Crippen molar-refractivity contribution in [3.05, 3.63) is 23.8 Å². The number of nitrogens with zero attached hydrogens (tertiary/aromatic N) is 1. The lowest BCUT2D eigenvalue weighted by atomic mass is 10.1. The zero-order chi connectivity index (χ0) is 15.5. The van der Waals surface area contributed by atoms with E-state index in [0.717, 1.165) is 55.0 Å². The molecule has 2 atom stereocenters.